The van der Waals surface area contributed by atoms with E-state index in [-0.39, 0.29) is 0 Å². The van der Waals surface area contributed by atoms with Gasteiger partial charge in [-0.3, -0.25) is 0 Å². The van der Waals surface area contributed by atoms with Gasteiger partial charge in [-0.1, -0.05) is 6.42 Å². The van der Waals surface area contributed by atoms with E-state index in [0.29, 0.717) is 12.4 Å². The van der Waals surface area contributed by atoms with Crippen LogP contribution in [0.1, 0.15) is 35.5 Å². The van der Waals surface area contributed by atoms with Crippen molar-refractivity contribution >= 4 is 27.2 Å². The first-order chi connectivity index (χ1) is 13.3. The molecule has 7 heteroatoms. The van der Waals surface area contributed by atoms with Gasteiger partial charge in [-0.25, -0.2) is 14.5 Å². The van der Waals surface area contributed by atoms with Crippen LogP contribution in [-0.2, 0) is 19.4 Å². The molecule has 3 heterocycles. The number of thiophene rings is 1. The number of fused-ring (bicyclic) bond motifs is 5. The smallest absolute Gasteiger partial charge is 0.189 e. The number of hydrogen-bond acceptors (Lipinski definition) is 6. The van der Waals surface area contributed by atoms with Crippen LogP contribution in [0.5, 0.6) is 11.5 Å². The van der Waals surface area contributed by atoms with E-state index in [9.17, 15) is 0 Å². The van der Waals surface area contributed by atoms with Crippen LogP contribution < -0.4 is 9.47 Å². The lowest BCUT2D eigenvalue weighted by Gasteiger charge is -2.04. The number of nitrogens with zero attached hydrogens (tertiary/aromatic N) is 4. The second-order valence-electron chi connectivity index (χ2n) is 6.75. The Morgan fingerprint density at radius 2 is 1.89 bits per heavy atom. The molecule has 0 amide bonds. The summed E-state index contributed by atoms with van der Waals surface area (Å²) in [5, 5.41) is 5.74. The standard InChI is InChI=1S/C20H20N4O2S/c1-25-13-7-9-14(10-8-13)26-11-17-22-19-18-15-5-3-2-4-6-16(15)27-20(18)21-12-24(19)23-17/h7-10,12H,2-6,11H2,1H3. The van der Waals surface area contributed by atoms with Crippen molar-refractivity contribution in [2.75, 3.05) is 7.11 Å². The third kappa shape index (κ3) is 3.02. The summed E-state index contributed by atoms with van der Waals surface area (Å²) in [5.41, 5.74) is 2.33. The number of rotatable bonds is 4. The first-order valence-electron chi connectivity index (χ1n) is 9.23. The van der Waals surface area contributed by atoms with Gasteiger partial charge in [-0.2, -0.15) is 0 Å². The Hall–Kier alpha value is -2.67. The third-order valence-electron chi connectivity index (χ3n) is 5.01. The van der Waals surface area contributed by atoms with Gasteiger partial charge in [-0.05, 0) is 55.5 Å². The minimum Gasteiger partial charge on any atom is -0.497 e. The molecule has 1 aliphatic carbocycles. The maximum atomic E-state index is 5.84. The number of aryl methyl sites for hydroxylation is 2. The molecule has 138 valence electrons. The van der Waals surface area contributed by atoms with E-state index in [1.165, 1.54) is 35.1 Å². The largest absolute Gasteiger partial charge is 0.497 e. The van der Waals surface area contributed by atoms with Gasteiger partial charge in [0.25, 0.3) is 0 Å². The van der Waals surface area contributed by atoms with Crippen LogP contribution in [0, 0.1) is 0 Å². The molecule has 0 fully saturated rings. The highest BCUT2D eigenvalue weighted by Gasteiger charge is 2.20. The predicted molar refractivity (Wildman–Crippen MR) is 105 cm³/mol. The molecule has 1 aliphatic rings. The molecular weight excluding hydrogens is 360 g/mol. The van der Waals surface area contributed by atoms with Crippen molar-refractivity contribution in [1.82, 2.24) is 19.6 Å². The third-order valence-corrected chi connectivity index (χ3v) is 6.21. The number of ether oxygens (including phenoxy) is 2. The fraction of sp³-hybridized carbons (Fsp3) is 0.350. The predicted octanol–water partition coefficient (Wildman–Crippen LogP) is 4.20. The number of hydrogen-bond donors (Lipinski definition) is 0. The van der Waals surface area contributed by atoms with Gasteiger partial charge in [-0.15, -0.1) is 16.4 Å². The highest BCUT2D eigenvalue weighted by Crippen LogP contribution is 2.36. The minimum absolute atomic E-state index is 0.321. The molecule has 3 aromatic heterocycles. The van der Waals surface area contributed by atoms with E-state index < -0.39 is 0 Å². The Balaban J connectivity index is 1.47. The molecule has 0 N–H and O–H groups in total. The van der Waals surface area contributed by atoms with Crippen molar-refractivity contribution in [3.63, 3.8) is 0 Å². The minimum atomic E-state index is 0.321. The summed E-state index contributed by atoms with van der Waals surface area (Å²) in [6.07, 6.45) is 7.83. The zero-order chi connectivity index (χ0) is 18.2. The zero-order valence-electron chi connectivity index (χ0n) is 15.1. The first-order valence-corrected chi connectivity index (χ1v) is 10.0. The lowest BCUT2D eigenvalue weighted by Crippen LogP contribution is -1.98. The van der Waals surface area contributed by atoms with E-state index in [0.717, 1.165) is 34.8 Å². The van der Waals surface area contributed by atoms with Crippen molar-refractivity contribution in [2.45, 2.75) is 38.7 Å². The summed E-state index contributed by atoms with van der Waals surface area (Å²) < 4.78 is 12.8. The zero-order valence-corrected chi connectivity index (χ0v) is 16.0. The molecule has 0 saturated carbocycles. The van der Waals surface area contributed by atoms with Crippen molar-refractivity contribution < 1.29 is 9.47 Å². The summed E-state index contributed by atoms with van der Waals surface area (Å²) in [4.78, 5) is 11.9. The molecule has 0 radical (unpaired) electrons. The molecule has 1 aromatic carbocycles. The lowest BCUT2D eigenvalue weighted by atomic mass is 10.1. The quantitative estimate of drug-likeness (QED) is 0.497. The van der Waals surface area contributed by atoms with Crippen molar-refractivity contribution in [2.24, 2.45) is 0 Å². The molecule has 6 nitrogen and oxygen atoms in total. The van der Waals surface area contributed by atoms with Crippen LogP contribution in [0.2, 0.25) is 0 Å². The van der Waals surface area contributed by atoms with Crippen molar-refractivity contribution in [3.05, 3.63) is 46.9 Å². The average Bonchev–Trinajstić information content (AvgIpc) is 3.19. The topological polar surface area (TPSA) is 61.5 Å². The Labute approximate surface area is 160 Å². The SMILES string of the molecule is COc1ccc(OCc2nc3c4c5c(sc4ncn3n2)CCCCC5)cc1. The average molecular weight is 380 g/mol. The summed E-state index contributed by atoms with van der Waals surface area (Å²) in [6.45, 7) is 0.321. The summed E-state index contributed by atoms with van der Waals surface area (Å²) in [5.74, 6) is 2.23. The Morgan fingerprint density at radius 3 is 2.74 bits per heavy atom. The maximum Gasteiger partial charge on any atom is 0.189 e. The molecule has 0 spiro atoms. The van der Waals surface area contributed by atoms with Gasteiger partial charge >= 0.3 is 0 Å². The first kappa shape index (κ1) is 16.5. The second kappa shape index (κ2) is 6.81. The summed E-state index contributed by atoms with van der Waals surface area (Å²) in [7, 11) is 1.65. The molecule has 27 heavy (non-hydrogen) atoms. The fourth-order valence-corrected chi connectivity index (χ4v) is 4.88. The van der Waals surface area contributed by atoms with Crippen LogP contribution in [0.15, 0.2) is 30.6 Å². The van der Waals surface area contributed by atoms with Gasteiger partial charge in [0.05, 0.1) is 12.5 Å². The molecule has 4 aromatic rings. The molecule has 0 atom stereocenters. The Kier molecular flexibility index (Phi) is 4.16. The molecule has 0 saturated heterocycles. The van der Waals surface area contributed by atoms with Gasteiger partial charge in [0.1, 0.15) is 29.3 Å². The van der Waals surface area contributed by atoms with E-state index in [1.54, 1.807) is 18.0 Å². The van der Waals surface area contributed by atoms with E-state index in [1.807, 2.05) is 35.6 Å². The molecule has 5 rings (SSSR count). The normalized spacial score (nSPS) is 14.3. The van der Waals surface area contributed by atoms with Crippen LogP contribution >= 0.6 is 11.3 Å². The van der Waals surface area contributed by atoms with Crippen LogP contribution in [0.3, 0.4) is 0 Å². The molecular formula is C20H20N4O2S. The highest BCUT2D eigenvalue weighted by molar-refractivity contribution is 7.19. The molecule has 0 unspecified atom stereocenters. The number of benzene rings is 1. The second-order valence-corrected chi connectivity index (χ2v) is 7.83. The van der Waals surface area contributed by atoms with Crippen molar-refractivity contribution in [3.8, 4) is 11.5 Å². The summed E-state index contributed by atoms with van der Waals surface area (Å²) in [6, 6.07) is 7.52. The van der Waals surface area contributed by atoms with Crippen molar-refractivity contribution in [1.29, 1.82) is 0 Å². The number of aromatic nitrogens is 4. The van der Waals surface area contributed by atoms with Gasteiger partial charge in [0.15, 0.2) is 11.5 Å². The van der Waals surface area contributed by atoms with E-state index in [4.69, 9.17) is 14.5 Å². The maximum absolute atomic E-state index is 5.84. The van der Waals surface area contributed by atoms with Crippen LogP contribution in [-0.4, -0.2) is 26.7 Å². The summed E-state index contributed by atoms with van der Waals surface area (Å²) >= 11 is 1.82. The van der Waals surface area contributed by atoms with Crippen LogP contribution in [0.25, 0.3) is 15.9 Å². The number of methoxy groups -OCH3 is 1. The Bertz CT molecular complexity index is 1100. The molecule has 0 aliphatic heterocycles. The van der Waals surface area contributed by atoms with E-state index >= 15 is 0 Å². The monoisotopic (exact) mass is 380 g/mol. The fourth-order valence-electron chi connectivity index (χ4n) is 3.66. The Morgan fingerprint density at radius 1 is 1.07 bits per heavy atom. The molecule has 0 bridgehead atoms. The highest BCUT2D eigenvalue weighted by atomic mass is 32.1. The van der Waals surface area contributed by atoms with E-state index in [2.05, 4.69) is 10.1 Å². The lowest BCUT2D eigenvalue weighted by molar-refractivity contribution is 0.295. The van der Waals surface area contributed by atoms with Gasteiger partial charge in [0, 0.05) is 4.88 Å². The van der Waals surface area contributed by atoms with Crippen LogP contribution in [0.4, 0.5) is 0 Å². The van der Waals surface area contributed by atoms with Gasteiger partial charge in [0.2, 0.25) is 0 Å². The van der Waals surface area contributed by atoms with Gasteiger partial charge < -0.3 is 9.47 Å².